The molecule has 0 aromatic carbocycles. The molecule has 1 unspecified atom stereocenters. The Morgan fingerprint density at radius 2 is 2.21 bits per heavy atom. The number of carbonyl (C=O) groups is 2. The highest BCUT2D eigenvalue weighted by atomic mass is 32.1. The fourth-order valence-electron chi connectivity index (χ4n) is 1.65. The first-order valence-electron chi connectivity index (χ1n) is 5.50. The molecular formula is C12H12N2O4S. The molecule has 0 aliphatic carbocycles. The van der Waals surface area contributed by atoms with E-state index in [-0.39, 0.29) is 5.76 Å². The van der Waals surface area contributed by atoms with Gasteiger partial charge in [-0.05, 0) is 18.4 Å². The van der Waals surface area contributed by atoms with Gasteiger partial charge < -0.3 is 14.8 Å². The fraction of sp³-hybridized carbons (Fsp3) is 0.250. The van der Waals surface area contributed by atoms with E-state index in [4.69, 9.17) is 9.52 Å². The van der Waals surface area contributed by atoms with Crippen LogP contribution in [0.4, 0.5) is 0 Å². The highest BCUT2D eigenvalue weighted by Crippen LogP contribution is 2.20. The molecule has 2 rings (SSSR count). The molecule has 0 radical (unpaired) electrons. The van der Waals surface area contributed by atoms with E-state index in [0.29, 0.717) is 16.5 Å². The fourth-order valence-corrected chi connectivity index (χ4v) is 2.42. The number of nitrogens with zero attached hydrogens (tertiary/aromatic N) is 1. The lowest BCUT2D eigenvalue weighted by Crippen LogP contribution is -2.33. The van der Waals surface area contributed by atoms with E-state index in [0.717, 1.165) is 0 Å². The van der Waals surface area contributed by atoms with E-state index < -0.39 is 17.9 Å². The summed E-state index contributed by atoms with van der Waals surface area (Å²) < 4.78 is 5.16. The van der Waals surface area contributed by atoms with Crippen LogP contribution < -0.4 is 5.32 Å². The maximum Gasteiger partial charge on any atom is 0.331 e. The minimum atomic E-state index is -1.12. The van der Waals surface area contributed by atoms with Crippen molar-refractivity contribution >= 4 is 23.2 Å². The summed E-state index contributed by atoms with van der Waals surface area (Å²) in [7, 11) is 0. The van der Waals surface area contributed by atoms with E-state index in [9.17, 15) is 9.59 Å². The average molecular weight is 280 g/mol. The summed E-state index contributed by atoms with van der Waals surface area (Å²) in [5.41, 5.74) is 0.435. The first kappa shape index (κ1) is 13.3. The normalized spacial score (nSPS) is 12.1. The number of amides is 1. The minimum Gasteiger partial charge on any atom is -0.479 e. The molecule has 0 fully saturated rings. The van der Waals surface area contributed by atoms with Gasteiger partial charge in [0, 0.05) is 11.8 Å². The van der Waals surface area contributed by atoms with Crippen molar-refractivity contribution < 1.29 is 19.1 Å². The second-order valence-electron chi connectivity index (χ2n) is 3.91. The zero-order valence-corrected chi connectivity index (χ0v) is 11.2. The Kier molecular flexibility index (Phi) is 3.66. The number of thiophene rings is 1. The standard InChI is InChI=1S/C12H12N2O4S/c1-6-10(18-7(2)13-6)11(15)14-9(12(16)17)8-4-3-5-19-8/h3-5,9H,1-2H3,(H,14,15)(H,16,17). The second kappa shape index (κ2) is 5.23. The number of aryl methyl sites for hydroxylation is 2. The summed E-state index contributed by atoms with van der Waals surface area (Å²) in [4.78, 5) is 27.7. The molecule has 2 N–H and O–H groups in total. The molecule has 1 atom stereocenters. The van der Waals surface area contributed by atoms with Crippen LogP contribution in [0.2, 0.25) is 0 Å². The lowest BCUT2D eigenvalue weighted by molar-refractivity contribution is -0.139. The Labute approximate surface area is 113 Å². The van der Waals surface area contributed by atoms with Crippen LogP contribution in [0.15, 0.2) is 21.9 Å². The van der Waals surface area contributed by atoms with Crippen LogP contribution >= 0.6 is 11.3 Å². The quantitative estimate of drug-likeness (QED) is 0.892. The summed E-state index contributed by atoms with van der Waals surface area (Å²) in [6.07, 6.45) is 0. The van der Waals surface area contributed by atoms with Gasteiger partial charge in [0.2, 0.25) is 5.76 Å². The summed E-state index contributed by atoms with van der Waals surface area (Å²) in [5.74, 6) is -1.30. The molecule has 2 aromatic rings. The van der Waals surface area contributed by atoms with Crippen molar-refractivity contribution in [1.29, 1.82) is 0 Å². The van der Waals surface area contributed by atoms with Crippen LogP contribution in [0.3, 0.4) is 0 Å². The number of carboxylic acid groups (broad SMARTS) is 1. The van der Waals surface area contributed by atoms with E-state index in [2.05, 4.69) is 10.3 Å². The molecule has 0 aliphatic rings. The van der Waals surface area contributed by atoms with Gasteiger partial charge in [0.25, 0.3) is 5.91 Å². The maximum absolute atomic E-state index is 12.0. The number of hydrogen-bond acceptors (Lipinski definition) is 5. The SMILES string of the molecule is Cc1nc(C)c(C(=O)NC(C(=O)O)c2cccs2)o1. The van der Waals surface area contributed by atoms with Crippen molar-refractivity contribution in [3.8, 4) is 0 Å². The van der Waals surface area contributed by atoms with Gasteiger partial charge >= 0.3 is 5.97 Å². The molecular weight excluding hydrogens is 268 g/mol. The first-order chi connectivity index (χ1) is 8.99. The second-order valence-corrected chi connectivity index (χ2v) is 4.89. The molecule has 6 nitrogen and oxygen atoms in total. The summed E-state index contributed by atoms with van der Waals surface area (Å²) >= 11 is 1.26. The van der Waals surface area contributed by atoms with Crippen LogP contribution in [0.25, 0.3) is 0 Å². The summed E-state index contributed by atoms with van der Waals surface area (Å²) in [6, 6.07) is 2.30. The third kappa shape index (κ3) is 2.82. The third-order valence-corrected chi connectivity index (χ3v) is 3.40. The van der Waals surface area contributed by atoms with Crippen molar-refractivity contribution in [3.05, 3.63) is 39.7 Å². The molecule has 0 aliphatic heterocycles. The molecule has 2 heterocycles. The molecule has 1 amide bonds. The van der Waals surface area contributed by atoms with Crippen molar-refractivity contribution in [2.45, 2.75) is 19.9 Å². The Balaban J connectivity index is 2.21. The van der Waals surface area contributed by atoms with E-state index in [1.807, 2.05) is 0 Å². The van der Waals surface area contributed by atoms with Gasteiger partial charge in [-0.3, -0.25) is 4.79 Å². The maximum atomic E-state index is 12.0. The average Bonchev–Trinajstić information content (AvgIpc) is 2.95. The third-order valence-electron chi connectivity index (χ3n) is 2.46. The van der Waals surface area contributed by atoms with Gasteiger partial charge in [-0.2, -0.15) is 0 Å². The molecule has 19 heavy (non-hydrogen) atoms. The van der Waals surface area contributed by atoms with Gasteiger partial charge in [0.05, 0.1) is 5.69 Å². The predicted octanol–water partition coefficient (Wildman–Crippen LogP) is 1.91. The number of carboxylic acids is 1. The number of aliphatic carboxylic acids is 1. The Hall–Kier alpha value is -2.15. The van der Waals surface area contributed by atoms with Crippen molar-refractivity contribution in [2.75, 3.05) is 0 Å². The lowest BCUT2D eigenvalue weighted by atomic mass is 10.2. The predicted molar refractivity (Wildman–Crippen MR) is 68.1 cm³/mol. The zero-order chi connectivity index (χ0) is 14.0. The van der Waals surface area contributed by atoms with E-state index >= 15 is 0 Å². The first-order valence-corrected chi connectivity index (χ1v) is 6.38. The van der Waals surface area contributed by atoms with Crippen LogP contribution in [0.1, 0.15) is 33.1 Å². The lowest BCUT2D eigenvalue weighted by Gasteiger charge is -2.11. The van der Waals surface area contributed by atoms with Crippen molar-refractivity contribution in [2.24, 2.45) is 0 Å². The van der Waals surface area contributed by atoms with Crippen LogP contribution in [0, 0.1) is 13.8 Å². The minimum absolute atomic E-state index is 0.0420. The molecule has 7 heteroatoms. The number of rotatable bonds is 4. The van der Waals surface area contributed by atoms with Gasteiger partial charge in [-0.1, -0.05) is 6.07 Å². The summed E-state index contributed by atoms with van der Waals surface area (Å²) in [5, 5.41) is 13.3. The molecule has 0 saturated heterocycles. The van der Waals surface area contributed by atoms with Crippen LogP contribution in [-0.4, -0.2) is 22.0 Å². The highest BCUT2D eigenvalue weighted by Gasteiger charge is 2.26. The van der Waals surface area contributed by atoms with Gasteiger partial charge in [-0.15, -0.1) is 11.3 Å². The molecule has 0 spiro atoms. The van der Waals surface area contributed by atoms with Crippen LogP contribution in [0.5, 0.6) is 0 Å². The van der Waals surface area contributed by atoms with E-state index in [1.54, 1.807) is 31.4 Å². The number of oxazole rings is 1. The van der Waals surface area contributed by atoms with Gasteiger partial charge in [0.15, 0.2) is 11.9 Å². The molecule has 2 aromatic heterocycles. The Morgan fingerprint density at radius 3 is 2.68 bits per heavy atom. The Bertz CT molecular complexity index is 603. The summed E-state index contributed by atoms with van der Waals surface area (Å²) in [6.45, 7) is 3.25. The number of hydrogen-bond donors (Lipinski definition) is 2. The molecule has 0 bridgehead atoms. The van der Waals surface area contributed by atoms with Crippen molar-refractivity contribution in [1.82, 2.24) is 10.3 Å². The molecule has 0 saturated carbocycles. The van der Waals surface area contributed by atoms with Crippen LogP contribution in [-0.2, 0) is 4.79 Å². The number of aromatic nitrogens is 1. The van der Waals surface area contributed by atoms with Gasteiger partial charge in [-0.25, -0.2) is 9.78 Å². The monoisotopic (exact) mass is 280 g/mol. The van der Waals surface area contributed by atoms with Gasteiger partial charge in [0.1, 0.15) is 0 Å². The molecule has 100 valence electrons. The van der Waals surface area contributed by atoms with E-state index in [1.165, 1.54) is 11.3 Å². The highest BCUT2D eigenvalue weighted by molar-refractivity contribution is 7.10. The topological polar surface area (TPSA) is 92.4 Å². The Morgan fingerprint density at radius 1 is 1.47 bits per heavy atom. The number of nitrogens with one attached hydrogen (secondary N) is 1. The van der Waals surface area contributed by atoms with Crippen molar-refractivity contribution in [3.63, 3.8) is 0 Å². The largest absolute Gasteiger partial charge is 0.479 e. The smallest absolute Gasteiger partial charge is 0.331 e. The zero-order valence-electron chi connectivity index (χ0n) is 10.3. The number of carbonyl (C=O) groups excluding carboxylic acids is 1.